The van der Waals surface area contributed by atoms with Crippen LogP contribution in [0.5, 0.6) is 0 Å². The quantitative estimate of drug-likeness (QED) is 0.534. The number of hydrogen-bond donors (Lipinski definition) is 3. The molecule has 1 atom stereocenters. The third-order valence-corrected chi connectivity index (χ3v) is 5.26. The number of amides is 1. The third kappa shape index (κ3) is 4.48. The van der Waals surface area contributed by atoms with Crippen LogP contribution in [0, 0.1) is 5.82 Å². The number of nitrogens with two attached hydrogens (primary N) is 2. The molecule has 0 bridgehead atoms. The lowest BCUT2D eigenvalue weighted by molar-refractivity contribution is -0.109. The topological polar surface area (TPSA) is 128 Å². The molecule has 9 nitrogen and oxygen atoms in total. The number of nitrogens with zero attached hydrogens (tertiary/aromatic N) is 5. The summed E-state index contributed by atoms with van der Waals surface area (Å²) < 4.78 is 15.7. The van der Waals surface area contributed by atoms with Crippen molar-refractivity contribution in [2.45, 2.75) is 37.9 Å². The van der Waals surface area contributed by atoms with Gasteiger partial charge in [0, 0.05) is 30.9 Å². The molecule has 1 aromatic carbocycles. The molecule has 2 aromatic heterocycles. The molecule has 1 saturated carbocycles. The Hall–Kier alpha value is -3.27. The number of halogens is 1. The fourth-order valence-corrected chi connectivity index (χ4v) is 3.54. The highest BCUT2D eigenvalue weighted by Crippen LogP contribution is 2.27. The SMILES string of the molecule is Nc1ncnc2c1ncn2Cc1cc(F)ccc1N1CCC(N)C1.O=CNC1CC1. The molecule has 1 amide bonds. The maximum atomic E-state index is 13.8. The number of nitrogen functional groups attached to an aromatic ring is 1. The van der Waals surface area contributed by atoms with E-state index in [1.807, 2.05) is 10.6 Å². The van der Waals surface area contributed by atoms with Crippen LogP contribution in [-0.2, 0) is 11.3 Å². The normalized spacial score (nSPS) is 18.2. The molecule has 0 radical (unpaired) electrons. The van der Waals surface area contributed by atoms with Gasteiger partial charge in [0.2, 0.25) is 6.41 Å². The van der Waals surface area contributed by atoms with Gasteiger partial charge < -0.3 is 26.3 Å². The van der Waals surface area contributed by atoms with Crippen LogP contribution in [0.3, 0.4) is 0 Å². The fraction of sp³-hybridized carbons (Fsp3) is 0.400. The van der Waals surface area contributed by atoms with Crippen LogP contribution in [0.4, 0.5) is 15.9 Å². The zero-order valence-corrected chi connectivity index (χ0v) is 16.5. The number of rotatable bonds is 5. The molecule has 30 heavy (non-hydrogen) atoms. The lowest BCUT2D eigenvalue weighted by atomic mass is 10.1. The van der Waals surface area contributed by atoms with Crippen molar-refractivity contribution in [1.29, 1.82) is 0 Å². The number of fused-ring (bicyclic) bond motifs is 1. The average Bonchev–Trinajstić information content (AvgIpc) is 3.29. The minimum Gasteiger partial charge on any atom is -0.382 e. The first-order chi connectivity index (χ1) is 14.5. The van der Waals surface area contributed by atoms with Crippen molar-refractivity contribution in [2.24, 2.45) is 5.73 Å². The first-order valence-corrected chi connectivity index (χ1v) is 9.95. The van der Waals surface area contributed by atoms with Crippen LogP contribution in [0.25, 0.3) is 11.2 Å². The maximum Gasteiger partial charge on any atom is 0.207 e. The van der Waals surface area contributed by atoms with Gasteiger partial charge in [-0.3, -0.25) is 4.79 Å². The number of hydrogen-bond acceptors (Lipinski definition) is 7. The summed E-state index contributed by atoms with van der Waals surface area (Å²) in [5.74, 6) is 0.0690. The second-order valence-corrected chi connectivity index (χ2v) is 7.63. The molecule has 3 aromatic rings. The summed E-state index contributed by atoms with van der Waals surface area (Å²) in [5, 5.41) is 2.64. The van der Waals surface area contributed by atoms with Gasteiger partial charge in [-0.05, 0) is 43.0 Å². The largest absolute Gasteiger partial charge is 0.382 e. The summed E-state index contributed by atoms with van der Waals surface area (Å²) >= 11 is 0. The number of carbonyl (C=O) groups is 1. The van der Waals surface area contributed by atoms with Gasteiger partial charge in [-0.15, -0.1) is 0 Å². The lowest BCUT2D eigenvalue weighted by Gasteiger charge is -2.22. The predicted octanol–water partition coefficient (Wildman–Crippen LogP) is 1.03. The summed E-state index contributed by atoms with van der Waals surface area (Å²) in [6.07, 6.45) is 7.12. The van der Waals surface area contributed by atoms with E-state index in [-0.39, 0.29) is 11.9 Å². The molecule has 2 fully saturated rings. The summed E-state index contributed by atoms with van der Waals surface area (Å²) in [6.45, 7) is 2.10. The molecular weight excluding hydrogens is 387 g/mol. The zero-order valence-electron chi connectivity index (χ0n) is 16.5. The van der Waals surface area contributed by atoms with Crippen molar-refractivity contribution in [2.75, 3.05) is 23.7 Å². The van der Waals surface area contributed by atoms with Gasteiger partial charge >= 0.3 is 0 Å². The van der Waals surface area contributed by atoms with Gasteiger partial charge in [-0.1, -0.05) is 0 Å². The Balaban J connectivity index is 0.000000313. The highest BCUT2D eigenvalue weighted by molar-refractivity contribution is 5.81. The molecule has 1 unspecified atom stereocenters. The van der Waals surface area contributed by atoms with Gasteiger partial charge in [-0.2, -0.15) is 0 Å². The zero-order chi connectivity index (χ0) is 21.1. The second-order valence-electron chi connectivity index (χ2n) is 7.63. The molecule has 5 rings (SSSR count). The Kier molecular flexibility index (Phi) is 5.75. The highest BCUT2D eigenvalue weighted by atomic mass is 19.1. The Morgan fingerprint density at radius 1 is 1.23 bits per heavy atom. The van der Waals surface area contributed by atoms with E-state index in [0.29, 0.717) is 29.6 Å². The van der Waals surface area contributed by atoms with Crippen LogP contribution < -0.4 is 21.7 Å². The number of aromatic nitrogens is 4. The van der Waals surface area contributed by atoms with E-state index < -0.39 is 0 Å². The molecule has 2 aliphatic rings. The van der Waals surface area contributed by atoms with E-state index in [0.717, 1.165) is 37.2 Å². The van der Waals surface area contributed by atoms with Crippen molar-refractivity contribution in [1.82, 2.24) is 24.8 Å². The van der Waals surface area contributed by atoms with Crippen molar-refractivity contribution >= 4 is 29.1 Å². The molecule has 1 saturated heterocycles. The summed E-state index contributed by atoms with van der Waals surface area (Å²) in [6, 6.07) is 5.53. The Morgan fingerprint density at radius 2 is 2.07 bits per heavy atom. The van der Waals surface area contributed by atoms with Crippen molar-refractivity contribution in [3.63, 3.8) is 0 Å². The van der Waals surface area contributed by atoms with E-state index >= 15 is 0 Å². The van der Waals surface area contributed by atoms with Crippen LogP contribution in [0.1, 0.15) is 24.8 Å². The second kappa shape index (κ2) is 8.62. The molecule has 0 spiro atoms. The van der Waals surface area contributed by atoms with Gasteiger partial charge in [0.1, 0.15) is 17.7 Å². The number of anilines is 2. The van der Waals surface area contributed by atoms with Gasteiger partial charge in [0.15, 0.2) is 11.5 Å². The van der Waals surface area contributed by atoms with Crippen LogP contribution in [0.2, 0.25) is 0 Å². The van der Waals surface area contributed by atoms with E-state index in [1.54, 1.807) is 12.4 Å². The molecule has 1 aliphatic heterocycles. The van der Waals surface area contributed by atoms with Gasteiger partial charge in [-0.25, -0.2) is 19.3 Å². The van der Waals surface area contributed by atoms with E-state index in [9.17, 15) is 9.18 Å². The average molecular weight is 412 g/mol. The van der Waals surface area contributed by atoms with Crippen LogP contribution in [0.15, 0.2) is 30.9 Å². The molecule has 158 valence electrons. The lowest BCUT2D eigenvalue weighted by Crippen LogP contribution is -2.27. The molecule has 1 aliphatic carbocycles. The highest BCUT2D eigenvalue weighted by Gasteiger charge is 2.22. The maximum absolute atomic E-state index is 13.8. The first-order valence-electron chi connectivity index (χ1n) is 9.95. The number of carbonyl (C=O) groups excluding carboxylic acids is 1. The molecule has 5 N–H and O–H groups in total. The third-order valence-electron chi connectivity index (χ3n) is 5.26. The van der Waals surface area contributed by atoms with Gasteiger partial charge in [0.25, 0.3) is 0 Å². The van der Waals surface area contributed by atoms with Crippen molar-refractivity contribution < 1.29 is 9.18 Å². The summed E-state index contributed by atoms with van der Waals surface area (Å²) in [4.78, 5) is 24.2. The minimum atomic E-state index is -0.268. The molecular formula is C20H25FN8O. The standard InChI is InChI=1S/C16H18FN7.C4H7NO/c17-11-1-2-13(23-4-3-12(18)7-23)10(5-11)6-24-9-22-14-15(19)20-8-21-16(14)24;6-3-5-4-1-2-4/h1-2,5,8-9,12H,3-4,6-7,18H2,(H2,19,20,21);3-4H,1-2H2,(H,5,6). The van der Waals surface area contributed by atoms with Crippen LogP contribution in [-0.4, -0.2) is 51.1 Å². The number of nitrogens with one attached hydrogen (secondary N) is 1. The summed E-state index contributed by atoms with van der Waals surface area (Å²) in [5.41, 5.74) is 14.9. The predicted molar refractivity (Wildman–Crippen MR) is 112 cm³/mol. The Bertz CT molecular complexity index is 1030. The minimum absolute atomic E-state index is 0.157. The Morgan fingerprint density at radius 3 is 2.73 bits per heavy atom. The van der Waals surface area contributed by atoms with Crippen molar-refractivity contribution in [3.8, 4) is 0 Å². The first kappa shape index (κ1) is 20.0. The van der Waals surface area contributed by atoms with Gasteiger partial charge in [0.05, 0.1) is 12.9 Å². The van der Waals surface area contributed by atoms with E-state index in [1.165, 1.54) is 25.2 Å². The molecule has 3 heterocycles. The number of imidazole rings is 1. The van der Waals surface area contributed by atoms with E-state index in [2.05, 4.69) is 25.2 Å². The number of benzene rings is 1. The fourth-order valence-electron chi connectivity index (χ4n) is 3.54. The molecule has 10 heteroatoms. The van der Waals surface area contributed by atoms with E-state index in [4.69, 9.17) is 11.5 Å². The van der Waals surface area contributed by atoms with Crippen LogP contribution >= 0.6 is 0 Å². The Labute approximate surface area is 173 Å². The smallest absolute Gasteiger partial charge is 0.207 e. The van der Waals surface area contributed by atoms with Crippen molar-refractivity contribution in [3.05, 3.63) is 42.2 Å². The summed E-state index contributed by atoms with van der Waals surface area (Å²) in [7, 11) is 0. The monoisotopic (exact) mass is 412 g/mol.